The van der Waals surface area contributed by atoms with E-state index in [0.717, 1.165) is 0 Å². The minimum Gasteiger partial charge on any atom is -0.427 e. The van der Waals surface area contributed by atoms with Crippen LogP contribution in [-0.4, -0.2) is 50.3 Å². The third-order valence-corrected chi connectivity index (χ3v) is 32.5. The molecule has 0 saturated carbocycles. The molecule has 0 aromatic rings. The van der Waals surface area contributed by atoms with Crippen LogP contribution in [0.3, 0.4) is 0 Å². The van der Waals surface area contributed by atoms with Crippen molar-refractivity contribution in [3.8, 4) is 0 Å². The summed E-state index contributed by atoms with van der Waals surface area (Å²) in [6.45, 7) is 0. The average molecular weight is 182 g/mol. The fourth-order valence-corrected chi connectivity index (χ4v) is 38.2. The molecule has 1 rings (SSSR count). The molecule has 0 unspecified atom stereocenters. The molecular weight excluding hydrogens is 172 g/mol. The van der Waals surface area contributed by atoms with Crippen LogP contribution in [0.2, 0.25) is 0 Å². The first-order valence-corrected chi connectivity index (χ1v) is 15.7. The van der Waals surface area contributed by atoms with Gasteiger partial charge in [-0.2, -0.15) is 0 Å². The average Bonchev–Trinajstić information content (AvgIpc) is 1.65. The molecule has 7 heteroatoms. The van der Waals surface area contributed by atoms with Crippen LogP contribution in [0.1, 0.15) is 0 Å². The third kappa shape index (κ3) is 1.93. The van der Waals surface area contributed by atoms with E-state index in [-0.39, 0.29) is 26.4 Å². The van der Waals surface area contributed by atoms with Gasteiger partial charge in [0, 0.05) is 8.55 Å². The van der Waals surface area contributed by atoms with Crippen LogP contribution < -0.4 is 0 Å². The molecule has 0 aromatic carbocycles. The van der Waals surface area contributed by atoms with Gasteiger partial charge >= 0.3 is 8.08 Å². The molecule has 3 nitrogen and oxygen atoms in total. The molecule has 0 amide bonds. The maximum atomic E-state index is 9.06. The Morgan fingerprint density at radius 3 is 2.50 bits per heavy atom. The molecule has 1 fully saturated rings. The molecule has 1 saturated heterocycles. The van der Waals surface area contributed by atoms with Gasteiger partial charge in [0.15, 0.2) is 0 Å². The SMILES string of the molecule is O[Si]1(O)CO[SiH2][SiH2][SiH2]1. The Morgan fingerprint density at radius 2 is 2.25 bits per heavy atom. The zero-order valence-corrected chi connectivity index (χ0v) is 9.87. The van der Waals surface area contributed by atoms with Crippen LogP contribution in [0.5, 0.6) is 0 Å². The fraction of sp³-hybridized carbons (Fsp3) is 1.00. The van der Waals surface area contributed by atoms with E-state index in [1.54, 1.807) is 0 Å². The molecule has 1 heterocycles. The van der Waals surface area contributed by atoms with E-state index in [9.17, 15) is 0 Å². The second-order valence-corrected chi connectivity index (χ2v) is 25.5. The molecule has 0 aromatic heterocycles. The van der Waals surface area contributed by atoms with Gasteiger partial charge in [0.2, 0.25) is 0 Å². The smallest absolute Gasteiger partial charge is 0.324 e. The van der Waals surface area contributed by atoms with Gasteiger partial charge in [0.05, 0.1) is 14.8 Å². The maximum absolute atomic E-state index is 9.06. The van der Waals surface area contributed by atoms with Crippen molar-refractivity contribution in [3.63, 3.8) is 0 Å². The first kappa shape index (κ1) is 6.86. The van der Waals surface area contributed by atoms with Gasteiger partial charge in [-0.05, 0) is 0 Å². The number of hydrogen-bond donors (Lipinski definition) is 2. The summed E-state index contributed by atoms with van der Waals surface area (Å²) in [5.41, 5.74) is 0. The second kappa shape index (κ2) is 2.56. The summed E-state index contributed by atoms with van der Waals surface area (Å²) in [4.78, 5) is 18.1. The second-order valence-electron chi connectivity index (χ2n) is 2.14. The minimum atomic E-state index is -2.58. The predicted molar refractivity (Wildman–Crippen MR) is 41.8 cm³/mol. The number of rotatable bonds is 0. The van der Waals surface area contributed by atoms with Crippen molar-refractivity contribution in [2.24, 2.45) is 0 Å². The summed E-state index contributed by atoms with van der Waals surface area (Å²) < 4.78 is 5.08. The monoisotopic (exact) mass is 182 g/mol. The van der Waals surface area contributed by atoms with Crippen molar-refractivity contribution in [1.29, 1.82) is 0 Å². The van der Waals surface area contributed by atoms with Crippen LogP contribution >= 0.6 is 0 Å². The molecule has 48 valence electrons. The van der Waals surface area contributed by atoms with Crippen molar-refractivity contribution in [2.45, 2.75) is 0 Å². The Hall–Kier alpha value is 0.748. The highest BCUT2D eigenvalue weighted by Crippen LogP contribution is 1.93. The molecule has 1 aliphatic heterocycles. The van der Waals surface area contributed by atoms with Gasteiger partial charge in [-0.3, -0.25) is 0 Å². The molecule has 2 N–H and O–H groups in total. The summed E-state index contributed by atoms with van der Waals surface area (Å²) in [7, 11) is -3.04. The van der Waals surface area contributed by atoms with Crippen LogP contribution in [0.25, 0.3) is 0 Å². The molecule has 0 spiro atoms. The highest BCUT2D eigenvalue weighted by Gasteiger charge is 2.31. The largest absolute Gasteiger partial charge is 0.427 e. The maximum Gasteiger partial charge on any atom is 0.324 e. The number of hydrogen-bond acceptors (Lipinski definition) is 3. The zero-order chi connectivity index (χ0) is 6.04. The van der Waals surface area contributed by atoms with Crippen molar-refractivity contribution in [1.82, 2.24) is 0 Å². The molecular formula is CH10O3Si4. The van der Waals surface area contributed by atoms with E-state index in [4.69, 9.17) is 14.0 Å². The molecule has 0 bridgehead atoms. The minimum absolute atomic E-state index is 0.0216. The Morgan fingerprint density at radius 1 is 1.50 bits per heavy atom. The fourth-order valence-electron chi connectivity index (χ4n) is 0.765. The Bertz CT molecular complexity index is 75.4. The quantitative estimate of drug-likeness (QED) is 0.373. The van der Waals surface area contributed by atoms with Gasteiger partial charge in [0.1, 0.15) is 9.28 Å². The van der Waals surface area contributed by atoms with Crippen molar-refractivity contribution in [3.05, 3.63) is 0 Å². The topological polar surface area (TPSA) is 49.7 Å². The van der Waals surface area contributed by atoms with Gasteiger partial charge in [-0.1, -0.05) is 0 Å². The van der Waals surface area contributed by atoms with Gasteiger partial charge in [-0.25, -0.2) is 0 Å². The first-order valence-electron chi connectivity index (χ1n) is 2.73. The van der Waals surface area contributed by atoms with Gasteiger partial charge in [-0.15, -0.1) is 0 Å². The molecule has 1 aliphatic rings. The highest BCUT2D eigenvalue weighted by atomic mass is 29.7. The van der Waals surface area contributed by atoms with E-state index < -0.39 is 8.08 Å². The lowest BCUT2D eigenvalue weighted by molar-refractivity contribution is 0.308. The van der Waals surface area contributed by atoms with Crippen LogP contribution in [0.4, 0.5) is 0 Å². The highest BCUT2D eigenvalue weighted by molar-refractivity contribution is 7.50. The zero-order valence-electron chi connectivity index (χ0n) is 4.63. The summed E-state index contributed by atoms with van der Waals surface area (Å²) >= 11 is 0. The summed E-state index contributed by atoms with van der Waals surface area (Å²) in [6, 6.07) is 0. The lowest BCUT2D eigenvalue weighted by Gasteiger charge is -2.21. The Balaban J connectivity index is 2.33. The van der Waals surface area contributed by atoms with Crippen molar-refractivity contribution < 1.29 is 14.0 Å². The van der Waals surface area contributed by atoms with E-state index in [2.05, 4.69) is 0 Å². The van der Waals surface area contributed by atoms with E-state index in [1.165, 1.54) is 0 Å². The molecule has 0 atom stereocenters. The lowest BCUT2D eigenvalue weighted by atomic mass is 11.7. The third-order valence-electron chi connectivity index (χ3n) is 1.20. The summed E-state index contributed by atoms with van der Waals surface area (Å²) in [5.74, 6) is 0. The predicted octanol–water partition coefficient (Wildman–Crippen LogP) is -4.27. The normalized spacial score (nSPS) is 36.8. The van der Waals surface area contributed by atoms with E-state index >= 15 is 0 Å². The van der Waals surface area contributed by atoms with Crippen molar-refractivity contribution in [2.75, 3.05) is 6.23 Å². The molecule has 0 radical (unpaired) electrons. The summed E-state index contributed by atoms with van der Waals surface area (Å²) in [6.07, 6.45) is 0.360. The van der Waals surface area contributed by atoms with Gasteiger partial charge in [0.25, 0.3) is 0 Å². The Labute approximate surface area is 55.3 Å². The molecule has 0 aliphatic carbocycles. The van der Waals surface area contributed by atoms with Crippen molar-refractivity contribution >= 4 is 34.5 Å². The van der Waals surface area contributed by atoms with E-state index in [0.29, 0.717) is 6.23 Å². The van der Waals surface area contributed by atoms with Gasteiger partial charge < -0.3 is 14.0 Å². The van der Waals surface area contributed by atoms with Crippen LogP contribution in [0.15, 0.2) is 0 Å². The lowest BCUT2D eigenvalue weighted by Crippen LogP contribution is -2.56. The summed E-state index contributed by atoms with van der Waals surface area (Å²) in [5, 5.41) is 0. The van der Waals surface area contributed by atoms with Crippen LogP contribution in [0, 0.1) is 0 Å². The standard InChI is InChI=1S/CH10O3Si4/c2-8(3)1-4-5-6-7-8/h2-3H,1,5-7H2. The molecule has 8 heavy (non-hydrogen) atoms. The first-order chi connectivity index (χ1) is 3.71. The Kier molecular flexibility index (Phi) is 2.19. The van der Waals surface area contributed by atoms with E-state index in [1.807, 2.05) is 0 Å². The van der Waals surface area contributed by atoms with Crippen LogP contribution in [-0.2, 0) is 4.43 Å².